The van der Waals surface area contributed by atoms with E-state index in [9.17, 15) is 14.4 Å². The van der Waals surface area contributed by atoms with E-state index < -0.39 is 17.8 Å². The van der Waals surface area contributed by atoms with Gasteiger partial charge in [0.2, 0.25) is 11.8 Å². The van der Waals surface area contributed by atoms with E-state index in [-0.39, 0.29) is 18.4 Å². The summed E-state index contributed by atoms with van der Waals surface area (Å²) in [6.45, 7) is -0.190. The van der Waals surface area contributed by atoms with E-state index in [1.807, 2.05) is 0 Å². The second-order valence-corrected chi connectivity index (χ2v) is 5.34. The predicted octanol–water partition coefficient (Wildman–Crippen LogP) is 1.51. The molecule has 2 amide bonds. The number of hydrogen-bond donors (Lipinski definition) is 3. The SMILES string of the molecule is O=C(CNC(=O)C1CCC1C(=O)O)Nc1ccc(Cl)cc1. The zero-order valence-electron chi connectivity index (χ0n) is 11.1. The minimum Gasteiger partial charge on any atom is -0.481 e. The number of carbonyl (C=O) groups excluding carboxylic acids is 2. The monoisotopic (exact) mass is 310 g/mol. The van der Waals surface area contributed by atoms with Gasteiger partial charge in [-0.1, -0.05) is 11.6 Å². The Bertz CT molecular complexity index is 559. The maximum atomic E-state index is 11.8. The highest BCUT2D eigenvalue weighted by Crippen LogP contribution is 2.34. The lowest BCUT2D eigenvalue weighted by molar-refractivity contribution is -0.152. The molecular weight excluding hydrogens is 296 g/mol. The van der Waals surface area contributed by atoms with Crippen molar-refractivity contribution in [2.45, 2.75) is 12.8 Å². The van der Waals surface area contributed by atoms with Gasteiger partial charge in [0.25, 0.3) is 0 Å². The average Bonchev–Trinajstić information content (AvgIpc) is 2.37. The van der Waals surface area contributed by atoms with Crippen molar-refractivity contribution in [2.75, 3.05) is 11.9 Å². The summed E-state index contributed by atoms with van der Waals surface area (Å²) < 4.78 is 0. The second-order valence-electron chi connectivity index (χ2n) is 4.90. The van der Waals surface area contributed by atoms with E-state index in [1.165, 1.54) is 0 Å². The van der Waals surface area contributed by atoms with Gasteiger partial charge < -0.3 is 15.7 Å². The maximum absolute atomic E-state index is 11.8. The van der Waals surface area contributed by atoms with Crippen molar-refractivity contribution in [3.8, 4) is 0 Å². The Hall–Kier alpha value is -2.08. The normalized spacial score (nSPS) is 20.2. The smallest absolute Gasteiger partial charge is 0.307 e. The number of carboxylic acids is 1. The first-order chi connectivity index (χ1) is 9.97. The molecule has 6 nitrogen and oxygen atoms in total. The number of anilines is 1. The fraction of sp³-hybridized carbons (Fsp3) is 0.357. The standard InChI is InChI=1S/C14H15ClN2O4/c15-8-1-3-9(4-2-8)17-12(18)7-16-13(19)10-5-6-11(10)14(20)21/h1-4,10-11H,5-7H2,(H,16,19)(H,17,18)(H,20,21). The third-order valence-corrected chi connectivity index (χ3v) is 3.73. The van der Waals surface area contributed by atoms with Crippen LogP contribution < -0.4 is 10.6 Å². The van der Waals surface area contributed by atoms with Gasteiger partial charge in [0.05, 0.1) is 18.4 Å². The van der Waals surface area contributed by atoms with Crippen molar-refractivity contribution in [3.63, 3.8) is 0 Å². The topological polar surface area (TPSA) is 95.5 Å². The molecule has 0 heterocycles. The fourth-order valence-corrected chi connectivity index (χ4v) is 2.27. The molecule has 0 radical (unpaired) electrons. The van der Waals surface area contributed by atoms with Crippen LogP contribution in [-0.2, 0) is 14.4 Å². The highest BCUT2D eigenvalue weighted by atomic mass is 35.5. The van der Waals surface area contributed by atoms with E-state index >= 15 is 0 Å². The number of amides is 2. The van der Waals surface area contributed by atoms with Gasteiger partial charge in [0, 0.05) is 10.7 Å². The van der Waals surface area contributed by atoms with Crippen LogP contribution in [0, 0.1) is 11.8 Å². The Morgan fingerprint density at radius 1 is 1.14 bits per heavy atom. The molecule has 21 heavy (non-hydrogen) atoms. The molecule has 1 aliphatic carbocycles. The van der Waals surface area contributed by atoms with Gasteiger partial charge in [-0.25, -0.2) is 0 Å². The lowest BCUT2D eigenvalue weighted by atomic mass is 9.73. The average molecular weight is 311 g/mol. The van der Waals surface area contributed by atoms with Crippen LogP contribution in [0.5, 0.6) is 0 Å². The fourth-order valence-electron chi connectivity index (χ4n) is 2.15. The van der Waals surface area contributed by atoms with Crippen molar-refractivity contribution in [1.82, 2.24) is 5.32 Å². The number of rotatable bonds is 5. The Morgan fingerprint density at radius 3 is 2.29 bits per heavy atom. The minimum atomic E-state index is -0.966. The third kappa shape index (κ3) is 3.95. The van der Waals surface area contributed by atoms with Crippen molar-refractivity contribution in [1.29, 1.82) is 0 Å². The van der Waals surface area contributed by atoms with Crippen LogP contribution in [0.1, 0.15) is 12.8 Å². The Kier molecular flexibility index (Phi) is 4.80. The van der Waals surface area contributed by atoms with Crippen molar-refractivity contribution < 1.29 is 19.5 Å². The Morgan fingerprint density at radius 2 is 1.76 bits per heavy atom. The minimum absolute atomic E-state index is 0.190. The van der Waals surface area contributed by atoms with Crippen LogP contribution in [0.25, 0.3) is 0 Å². The van der Waals surface area contributed by atoms with Crippen LogP contribution in [0.2, 0.25) is 5.02 Å². The number of carboxylic acid groups (broad SMARTS) is 1. The molecule has 3 N–H and O–H groups in total. The first-order valence-electron chi connectivity index (χ1n) is 6.53. The first kappa shape index (κ1) is 15.3. The summed E-state index contributed by atoms with van der Waals surface area (Å²) >= 11 is 5.73. The van der Waals surface area contributed by atoms with Gasteiger partial charge in [-0.15, -0.1) is 0 Å². The van der Waals surface area contributed by atoms with Gasteiger partial charge in [0.1, 0.15) is 0 Å². The number of aliphatic carboxylic acids is 1. The number of benzene rings is 1. The van der Waals surface area contributed by atoms with Gasteiger partial charge in [0.15, 0.2) is 0 Å². The van der Waals surface area contributed by atoms with Gasteiger partial charge >= 0.3 is 5.97 Å². The van der Waals surface area contributed by atoms with Crippen molar-refractivity contribution in [2.24, 2.45) is 11.8 Å². The van der Waals surface area contributed by atoms with Crippen molar-refractivity contribution >= 4 is 35.1 Å². The van der Waals surface area contributed by atoms with Crippen LogP contribution in [0.3, 0.4) is 0 Å². The van der Waals surface area contributed by atoms with E-state index in [0.29, 0.717) is 23.6 Å². The molecule has 7 heteroatoms. The molecular formula is C14H15ClN2O4. The maximum Gasteiger partial charge on any atom is 0.307 e. The molecule has 112 valence electrons. The molecule has 0 spiro atoms. The zero-order valence-corrected chi connectivity index (χ0v) is 11.9. The van der Waals surface area contributed by atoms with Crippen LogP contribution in [-0.4, -0.2) is 29.4 Å². The predicted molar refractivity (Wildman–Crippen MR) is 76.9 cm³/mol. The van der Waals surface area contributed by atoms with Gasteiger partial charge in [-0.05, 0) is 37.1 Å². The van der Waals surface area contributed by atoms with Crippen LogP contribution in [0.15, 0.2) is 24.3 Å². The summed E-state index contributed by atoms with van der Waals surface area (Å²) in [5, 5.41) is 14.5. The van der Waals surface area contributed by atoms with Gasteiger partial charge in [-0.2, -0.15) is 0 Å². The van der Waals surface area contributed by atoms with Gasteiger partial charge in [-0.3, -0.25) is 14.4 Å². The van der Waals surface area contributed by atoms with Crippen LogP contribution in [0.4, 0.5) is 5.69 Å². The lowest BCUT2D eigenvalue weighted by Gasteiger charge is -2.31. The Balaban J connectivity index is 1.77. The summed E-state index contributed by atoms with van der Waals surface area (Å²) in [5.41, 5.74) is 0.575. The first-order valence-corrected chi connectivity index (χ1v) is 6.91. The summed E-state index contributed by atoms with van der Waals surface area (Å²) in [4.78, 5) is 34.3. The molecule has 1 aromatic rings. The molecule has 1 saturated carbocycles. The molecule has 0 aromatic heterocycles. The second kappa shape index (κ2) is 6.58. The Labute approximate surface area is 126 Å². The van der Waals surface area contributed by atoms with E-state index in [2.05, 4.69) is 10.6 Å². The molecule has 2 unspecified atom stereocenters. The summed E-state index contributed by atoms with van der Waals surface area (Å²) in [6.07, 6.45) is 1.05. The summed E-state index contributed by atoms with van der Waals surface area (Å²) in [7, 11) is 0. The molecule has 0 saturated heterocycles. The highest BCUT2D eigenvalue weighted by molar-refractivity contribution is 6.30. The number of nitrogens with one attached hydrogen (secondary N) is 2. The molecule has 1 fully saturated rings. The largest absolute Gasteiger partial charge is 0.481 e. The van der Waals surface area contributed by atoms with E-state index in [1.54, 1.807) is 24.3 Å². The lowest BCUT2D eigenvalue weighted by Crippen LogP contribution is -2.45. The molecule has 2 rings (SSSR count). The number of carbonyl (C=O) groups is 3. The number of hydrogen-bond acceptors (Lipinski definition) is 3. The van der Waals surface area contributed by atoms with E-state index in [4.69, 9.17) is 16.7 Å². The quantitative estimate of drug-likeness (QED) is 0.768. The third-order valence-electron chi connectivity index (χ3n) is 3.48. The summed E-state index contributed by atoms with van der Waals surface area (Å²) in [6, 6.07) is 6.58. The highest BCUT2D eigenvalue weighted by Gasteiger charge is 2.41. The molecule has 2 atom stereocenters. The number of halogens is 1. The van der Waals surface area contributed by atoms with Crippen LogP contribution >= 0.6 is 11.6 Å². The van der Waals surface area contributed by atoms with Crippen molar-refractivity contribution in [3.05, 3.63) is 29.3 Å². The molecule has 1 aromatic carbocycles. The molecule has 0 bridgehead atoms. The summed E-state index contributed by atoms with van der Waals surface area (Å²) in [5.74, 6) is -2.90. The molecule has 1 aliphatic rings. The van der Waals surface area contributed by atoms with E-state index in [0.717, 1.165) is 0 Å². The zero-order chi connectivity index (χ0) is 15.4. The molecule has 0 aliphatic heterocycles.